The SMILES string of the molecule is CCc1nc(CNC2C(C)(C)C2(C)C)cs1. The van der Waals surface area contributed by atoms with Crippen molar-refractivity contribution in [1.29, 1.82) is 0 Å². The van der Waals surface area contributed by atoms with Gasteiger partial charge in [-0.25, -0.2) is 4.98 Å². The minimum atomic E-state index is 0.413. The van der Waals surface area contributed by atoms with E-state index in [2.05, 4.69) is 50.3 Å². The molecule has 1 aliphatic carbocycles. The largest absolute Gasteiger partial charge is 0.307 e. The molecule has 3 heteroatoms. The number of nitrogens with zero attached hydrogens (tertiary/aromatic N) is 1. The van der Waals surface area contributed by atoms with Gasteiger partial charge in [-0.2, -0.15) is 0 Å². The second-order valence-electron chi connectivity index (χ2n) is 5.84. The van der Waals surface area contributed by atoms with Crippen LogP contribution in [0.1, 0.15) is 45.3 Å². The lowest BCUT2D eigenvalue weighted by Gasteiger charge is -2.03. The number of nitrogens with one attached hydrogen (secondary N) is 1. The van der Waals surface area contributed by atoms with Gasteiger partial charge in [0.1, 0.15) is 0 Å². The molecule has 0 radical (unpaired) electrons. The van der Waals surface area contributed by atoms with Crippen LogP contribution in [0.4, 0.5) is 0 Å². The number of rotatable bonds is 4. The molecule has 1 heterocycles. The van der Waals surface area contributed by atoms with Crippen LogP contribution in [0.25, 0.3) is 0 Å². The molecule has 0 bridgehead atoms. The summed E-state index contributed by atoms with van der Waals surface area (Å²) in [5.74, 6) is 0. The summed E-state index contributed by atoms with van der Waals surface area (Å²) in [7, 11) is 0. The Bertz CT molecular complexity index is 365. The molecular weight excluding hydrogens is 216 g/mol. The molecule has 0 aromatic carbocycles. The van der Waals surface area contributed by atoms with Crippen molar-refractivity contribution < 1.29 is 0 Å². The maximum absolute atomic E-state index is 4.58. The van der Waals surface area contributed by atoms with Gasteiger partial charge in [0.25, 0.3) is 0 Å². The van der Waals surface area contributed by atoms with Gasteiger partial charge in [-0.3, -0.25) is 0 Å². The van der Waals surface area contributed by atoms with E-state index in [9.17, 15) is 0 Å². The third kappa shape index (κ3) is 1.80. The van der Waals surface area contributed by atoms with E-state index in [1.807, 2.05) is 0 Å². The first-order valence-corrected chi connectivity index (χ1v) is 6.94. The Kier molecular flexibility index (Phi) is 2.87. The summed E-state index contributed by atoms with van der Waals surface area (Å²) >= 11 is 1.77. The predicted molar refractivity (Wildman–Crippen MR) is 69.7 cm³/mol. The first-order valence-electron chi connectivity index (χ1n) is 6.06. The molecule has 0 unspecified atom stereocenters. The fourth-order valence-electron chi connectivity index (χ4n) is 2.51. The minimum absolute atomic E-state index is 0.413. The van der Waals surface area contributed by atoms with Gasteiger partial charge in [0.05, 0.1) is 10.7 Å². The molecule has 1 aromatic heterocycles. The van der Waals surface area contributed by atoms with Gasteiger partial charge in [0.2, 0.25) is 0 Å². The molecule has 2 nitrogen and oxygen atoms in total. The summed E-state index contributed by atoms with van der Waals surface area (Å²) in [6.45, 7) is 12.4. The third-order valence-electron chi connectivity index (χ3n) is 4.41. The highest BCUT2D eigenvalue weighted by molar-refractivity contribution is 7.09. The number of hydrogen-bond acceptors (Lipinski definition) is 3. The molecule has 1 saturated carbocycles. The molecule has 1 aliphatic rings. The molecule has 0 spiro atoms. The topological polar surface area (TPSA) is 24.9 Å². The average Bonchev–Trinajstić information content (AvgIpc) is 2.60. The predicted octanol–water partition coefficient (Wildman–Crippen LogP) is 3.23. The Balaban J connectivity index is 1.90. The van der Waals surface area contributed by atoms with Crippen LogP contribution >= 0.6 is 11.3 Å². The van der Waals surface area contributed by atoms with E-state index in [0.717, 1.165) is 13.0 Å². The van der Waals surface area contributed by atoms with E-state index in [-0.39, 0.29) is 0 Å². The fraction of sp³-hybridized carbons (Fsp3) is 0.769. The second kappa shape index (κ2) is 3.81. The van der Waals surface area contributed by atoms with Gasteiger partial charge in [0.15, 0.2) is 0 Å². The minimum Gasteiger partial charge on any atom is -0.307 e. The summed E-state index contributed by atoms with van der Waals surface area (Å²) in [5.41, 5.74) is 2.02. The summed E-state index contributed by atoms with van der Waals surface area (Å²) in [6, 6.07) is 0.617. The standard InChI is InChI=1S/C13H22N2S/c1-6-10-15-9(8-16-10)7-14-11-12(2,3)13(11,4)5/h8,11,14H,6-7H2,1-5H3. The van der Waals surface area contributed by atoms with Crippen LogP contribution in [0, 0.1) is 10.8 Å². The van der Waals surface area contributed by atoms with Crippen molar-refractivity contribution in [2.24, 2.45) is 10.8 Å². The van der Waals surface area contributed by atoms with E-state index < -0.39 is 0 Å². The number of thiazole rings is 1. The second-order valence-corrected chi connectivity index (χ2v) is 6.79. The van der Waals surface area contributed by atoms with Crippen LogP contribution in [0.5, 0.6) is 0 Å². The molecule has 0 aliphatic heterocycles. The van der Waals surface area contributed by atoms with Crippen molar-refractivity contribution in [3.8, 4) is 0 Å². The summed E-state index contributed by atoms with van der Waals surface area (Å²) < 4.78 is 0. The maximum atomic E-state index is 4.58. The van der Waals surface area contributed by atoms with Crippen LogP contribution in [-0.2, 0) is 13.0 Å². The smallest absolute Gasteiger partial charge is 0.0926 e. The van der Waals surface area contributed by atoms with E-state index >= 15 is 0 Å². The van der Waals surface area contributed by atoms with Crippen LogP contribution in [0.2, 0.25) is 0 Å². The van der Waals surface area contributed by atoms with Crippen molar-refractivity contribution in [3.63, 3.8) is 0 Å². The van der Waals surface area contributed by atoms with Crippen molar-refractivity contribution in [3.05, 3.63) is 16.1 Å². The zero-order valence-corrected chi connectivity index (χ0v) is 11.7. The van der Waals surface area contributed by atoms with Crippen LogP contribution in [-0.4, -0.2) is 11.0 Å². The van der Waals surface area contributed by atoms with Gasteiger partial charge in [-0.1, -0.05) is 34.6 Å². The lowest BCUT2D eigenvalue weighted by Crippen LogP contribution is -2.21. The highest BCUT2D eigenvalue weighted by Gasteiger charge is 2.64. The Hall–Kier alpha value is -0.410. The Morgan fingerprint density at radius 2 is 1.94 bits per heavy atom. The third-order valence-corrected chi connectivity index (χ3v) is 5.45. The summed E-state index contributed by atoms with van der Waals surface area (Å²) in [6.07, 6.45) is 1.05. The number of aromatic nitrogens is 1. The highest BCUT2D eigenvalue weighted by Crippen LogP contribution is 2.62. The van der Waals surface area contributed by atoms with Gasteiger partial charge in [-0.05, 0) is 17.3 Å². The van der Waals surface area contributed by atoms with E-state index in [1.165, 1.54) is 10.7 Å². The summed E-state index contributed by atoms with van der Waals surface area (Å²) in [4.78, 5) is 4.58. The first-order chi connectivity index (χ1) is 7.39. The Morgan fingerprint density at radius 1 is 1.31 bits per heavy atom. The highest BCUT2D eigenvalue weighted by atomic mass is 32.1. The molecule has 2 rings (SSSR count). The van der Waals surface area contributed by atoms with Crippen molar-refractivity contribution >= 4 is 11.3 Å². The zero-order valence-electron chi connectivity index (χ0n) is 10.9. The zero-order chi connectivity index (χ0) is 12.0. The first kappa shape index (κ1) is 12.1. The van der Waals surface area contributed by atoms with E-state index in [1.54, 1.807) is 11.3 Å². The Labute approximate surface area is 102 Å². The molecule has 0 saturated heterocycles. The fourth-order valence-corrected chi connectivity index (χ4v) is 3.25. The van der Waals surface area contributed by atoms with Crippen molar-refractivity contribution in [2.45, 2.75) is 53.6 Å². The van der Waals surface area contributed by atoms with Crippen LogP contribution in [0.15, 0.2) is 5.38 Å². The number of aryl methyl sites for hydroxylation is 1. The summed E-state index contributed by atoms with van der Waals surface area (Å²) in [5, 5.41) is 7.05. The van der Waals surface area contributed by atoms with Crippen LogP contribution in [0.3, 0.4) is 0 Å². The molecule has 1 fully saturated rings. The molecule has 90 valence electrons. The average molecular weight is 238 g/mol. The van der Waals surface area contributed by atoms with Crippen molar-refractivity contribution in [2.75, 3.05) is 0 Å². The normalized spacial score (nSPS) is 22.3. The molecule has 1 aromatic rings. The van der Waals surface area contributed by atoms with Crippen LogP contribution < -0.4 is 5.32 Å². The molecule has 1 N–H and O–H groups in total. The van der Waals surface area contributed by atoms with Gasteiger partial charge >= 0.3 is 0 Å². The molecular formula is C13H22N2S. The quantitative estimate of drug-likeness (QED) is 0.871. The van der Waals surface area contributed by atoms with E-state index in [4.69, 9.17) is 0 Å². The Morgan fingerprint density at radius 3 is 2.38 bits per heavy atom. The molecule has 0 amide bonds. The monoisotopic (exact) mass is 238 g/mol. The lowest BCUT2D eigenvalue weighted by molar-refractivity contribution is 0.457. The lowest BCUT2D eigenvalue weighted by atomic mass is 10.0. The van der Waals surface area contributed by atoms with Crippen molar-refractivity contribution in [1.82, 2.24) is 10.3 Å². The molecule has 16 heavy (non-hydrogen) atoms. The number of hydrogen-bond donors (Lipinski definition) is 1. The van der Waals surface area contributed by atoms with E-state index in [0.29, 0.717) is 16.9 Å². The van der Waals surface area contributed by atoms with Gasteiger partial charge < -0.3 is 5.32 Å². The maximum Gasteiger partial charge on any atom is 0.0926 e. The van der Waals surface area contributed by atoms with Gasteiger partial charge in [0, 0.05) is 18.0 Å². The molecule has 0 atom stereocenters. The van der Waals surface area contributed by atoms with Gasteiger partial charge in [-0.15, -0.1) is 11.3 Å².